The highest BCUT2D eigenvalue weighted by Crippen LogP contribution is 2.22. The van der Waals surface area contributed by atoms with Crippen LogP contribution in [0.25, 0.3) is 0 Å². The number of nitrogens with zero attached hydrogens (tertiary/aromatic N) is 2. The maximum absolute atomic E-state index is 12.2. The van der Waals surface area contributed by atoms with E-state index in [-0.39, 0.29) is 17.4 Å². The highest BCUT2D eigenvalue weighted by Gasteiger charge is 2.33. The topological polar surface area (TPSA) is 108 Å². The highest BCUT2D eigenvalue weighted by molar-refractivity contribution is 7.88. The molecule has 1 aliphatic heterocycles. The highest BCUT2D eigenvalue weighted by atomic mass is 32.2. The van der Waals surface area contributed by atoms with E-state index >= 15 is 0 Å². The first kappa shape index (κ1) is 15.5. The Morgan fingerprint density at radius 2 is 2.05 bits per heavy atom. The maximum atomic E-state index is 12.2. The molecule has 1 amide bonds. The molecule has 1 aromatic rings. The Morgan fingerprint density at radius 1 is 1.38 bits per heavy atom. The molecule has 1 unspecified atom stereocenters. The molecule has 2 rings (SSSR count). The zero-order valence-corrected chi connectivity index (χ0v) is 12.5. The number of carboxylic acid groups (broad SMARTS) is 1. The van der Waals surface area contributed by atoms with E-state index in [9.17, 15) is 18.0 Å². The number of amides is 1. The number of rotatable bonds is 4. The molecule has 1 aliphatic rings. The van der Waals surface area contributed by atoms with Gasteiger partial charge in [0.2, 0.25) is 5.09 Å². The Kier molecular flexibility index (Phi) is 4.06. The molecular weight excluding hydrogens is 300 g/mol. The molecule has 1 aromatic heterocycles. The fourth-order valence-corrected chi connectivity index (χ4v) is 2.85. The van der Waals surface area contributed by atoms with Crippen LogP contribution >= 0.6 is 0 Å². The molecule has 8 nitrogen and oxygen atoms in total. The second-order valence-corrected chi connectivity index (χ2v) is 7.06. The summed E-state index contributed by atoms with van der Waals surface area (Å²) in [5.74, 6) is -2.14. The van der Waals surface area contributed by atoms with Crippen molar-refractivity contribution >= 4 is 21.9 Å². The van der Waals surface area contributed by atoms with Gasteiger partial charge in [0.05, 0.1) is 5.92 Å². The lowest BCUT2D eigenvalue weighted by Crippen LogP contribution is -2.29. The quantitative estimate of drug-likeness (QED) is 0.842. The van der Waals surface area contributed by atoms with E-state index in [1.807, 2.05) is 0 Å². The van der Waals surface area contributed by atoms with E-state index in [4.69, 9.17) is 9.52 Å². The van der Waals surface area contributed by atoms with Gasteiger partial charge < -0.3 is 14.4 Å². The fourth-order valence-electron chi connectivity index (χ4n) is 2.06. The molecular formula is C12H16N2O6S. The summed E-state index contributed by atoms with van der Waals surface area (Å²) >= 11 is 0. The Bertz CT molecular complexity index is 663. The monoisotopic (exact) mass is 316 g/mol. The second kappa shape index (κ2) is 5.49. The number of furan rings is 1. The van der Waals surface area contributed by atoms with Crippen LogP contribution in [0.5, 0.6) is 0 Å². The van der Waals surface area contributed by atoms with Crippen LogP contribution in [0.15, 0.2) is 21.6 Å². The number of aliphatic carboxylic acids is 1. The normalized spacial score (nSPS) is 19.2. The lowest BCUT2D eigenvalue weighted by molar-refractivity contribution is -0.141. The summed E-state index contributed by atoms with van der Waals surface area (Å²) in [5.41, 5.74) is 0. The van der Waals surface area contributed by atoms with Gasteiger partial charge in [-0.1, -0.05) is 0 Å². The molecule has 0 aliphatic carbocycles. The van der Waals surface area contributed by atoms with Crippen LogP contribution in [0.2, 0.25) is 0 Å². The number of carbonyl (C=O) groups is 2. The van der Waals surface area contributed by atoms with E-state index in [1.54, 1.807) is 0 Å². The molecule has 1 atom stereocenters. The van der Waals surface area contributed by atoms with E-state index < -0.39 is 27.8 Å². The van der Waals surface area contributed by atoms with E-state index in [2.05, 4.69) is 0 Å². The zero-order chi connectivity index (χ0) is 15.8. The third-order valence-corrected chi connectivity index (χ3v) is 5.04. The Hall–Kier alpha value is -1.87. The lowest BCUT2D eigenvalue weighted by atomic mass is 10.1. The van der Waals surface area contributed by atoms with Crippen LogP contribution in [0.3, 0.4) is 0 Å². The first-order valence-electron chi connectivity index (χ1n) is 6.28. The molecule has 1 N–H and O–H groups in total. The van der Waals surface area contributed by atoms with Gasteiger partial charge in [-0.2, -0.15) is 0 Å². The molecule has 0 spiro atoms. The van der Waals surface area contributed by atoms with Crippen molar-refractivity contribution in [3.63, 3.8) is 0 Å². The molecule has 0 radical (unpaired) electrons. The zero-order valence-electron chi connectivity index (χ0n) is 11.6. The van der Waals surface area contributed by atoms with Gasteiger partial charge in [0.15, 0.2) is 5.76 Å². The molecule has 9 heteroatoms. The smallest absolute Gasteiger partial charge is 0.308 e. The third kappa shape index (κ3) is 2.93. The van der Waals surface area contributed by atoms with Crippen LogP contribution in [0.4, 0.5) is 0 Å². The predicted molar refractivity (Wildman–Crippen MR) is 71.2 cm³/mol. The summed E-state index contributed by atoms with van der Waals surface area (Å²) in [6.45, 7) is 0.414. The average Bonchev–Trinajstić information content (AvgIpc) is 3.07. The van der Waals surface area contributed by atoms with E-state index in [0.29, 0.717) is 13.0 Å². The number of sulfonamides is 1. The van der Waals surface area contributed by atoms with Crippen molar-refractivity contribution in [1.82, 2.24) is 9.21 Å². The lowest BCUT2D eigenvalue weighted by Gasteiger charge is -2.13. The largest absolute Gasteiger partial charge is 0.481 e. The minimum absolute atomic E-state index is 0.102. The van der Waals surface area contributed by atoms with Gasteiger partial charge in [-0.25, -0.2) is 12.7 Å². The summed E-state index contributed by atoms with van der Waals surface area (Å²) < 4.78 is 29.8. The molecule has 1 fully saturated rings. The summed E-state index contributed by atoms with van der Waals surface area (Å²) in [6.07, 6.45) is 0.380. The molecule has 116 valence electrons. The molecule has 2 heterocycles. The standard InChI is InChI=1S/C12H16N2O6S/c1-13(2)21(18,19)10-4-3-9(20-10)11(15)14-6-5-8(7-14)12(16)17/h3-4,8H,5-7H2,1-2H3,(H,16,17). The van der Waals surface area contributed by atoms with Crippen molar-refractivity contribution in [3.05, 3.63) is 17.9 Å². The average molecular weight is 316 g/mol. The maximum Gasteiger partial charge on any atom is 0.308 e. The third-order valence-electron chi connectivity index (χ3n) is 3.35. The fraction of sp³-hybridized carbons (Fsp3) is 0.500. The number of carboxylic acids is 1. The first-order chi connectivity index (χ1) is 9.73. The number of hydrogen-bond donors (Lipinski definition) is 1. The minimum atomic E-state index is -3.74. The predicted octanol–water partition coefficient (Wildman–Crippen LogP) is 0.0766. The van der Waals surface area contributed by atoms with Crippen molar-refractivity contribution < 1.29 is 27.5 Å². The summed E-state index contributed by atoms with van der Waals surface area (Å²) in [4.78, 5) is 24.4. The van der Waals surface area contributed by atoms with Gasteiger partial charge in [0.25, 0.3) is 15.9 Å². The van der Waals surface area contributed by atoms with Crippen molar-refractivity contribution in [3.8, 4) is 0 Å². The van der Waals surface area contributed by atoms with Gasteiger partial charge in [-0.05, 0) is 18.6 Å². The van der Waals surface area contributed by atoms with Crippen LogP contribution in [-0.2, 0) is 14.8 Å². The first-order valence-corrected chi connectivity index (χ1v) is 7.72. The summed E-state index contributed by atoms with van der Waals surface area (Å²) in [6, 6.07) is 2.50. The number of carbonyl (C=O) groups excluding carboxylic acids is 1. The summed E-state index contributed by atoms with van der Waals surface area (Å²) in [7, 11) is -1.02. The minimum Gasteiger partial charge on any atom is -0.481 e. The van der Waals surface area contributed by atoms with Crippen molar-refractivity contribution in [2.75, 3.05) is 27.2 Å². The van der Waals surface area contributed by atoms with E-state index in [1.165, 1.54) is 31.1 Å². The molecule has 1 saturated heterocycles. The van der Waals surface area contributed by atoms with Gasteiger partial charge in [0, 0.05) is 27.2 Å². The van der Waals surface area contributed by atoms with Crippen molar-refractivity contribution in [2.24, 2.45) is 5.92 Å². The number of hydrogen-bond acceptors (Lipinski definition) is 5. The van der Waals surface area contributed by atoms with Crippen LogP contribution in [0, 0.1) is 5.92 Å². The number of likely N-dealkylation sites (tertiary alicyclic amines) is 1. The van der Waals surface area contributed by atoms with Crippen molar-refractivity contribution in [1.29, 1.82) is 0 Å². The summed E-state index contributed by atoms with van der Waals surface area (Å²) in [5, 5.41) is 8.59. The van der Waals surface area contributed by atoms with E-state index in [0.717, 1.165) is 4.31 Å². The second-order valence-electron chi connectivity index (χ2n) is 4.98. The van der Waals surface area contributed by atoms with Crippen LogP contribution < -0.4 is 0 Å². The van der Waals surface area contributed by atoms with Gasteiger partial charge in [-0.15, -0.1) is 0 Å². The van der Waals surface area contributed by atoms with Gasteiger partial charge in [-0.3, -0.25) is 9.59 Å². The van der Waals surface area contributed by atoms with Gasteiger partial charge in [0.1, 0.15) is 0 Å². The van der Waals surface area contributed by atoms with Gasteiger partial charge >= 0.3 is 5.97 Å². The Morgan fingerprint density at radius 3 is 2.57 bits per heavy atom. The van der Waals surface area contributed by atoms with Crippen molar-refractivity contribution in [2.45, 2.75) is 11.5 Å². The molecule has 0 bridgehead atoms. The molecule has 21 heavy (non-hydrogen) atoms. The Labute approximate surface area is 122 Å². The van der Waals surface area contributed by atoms with Crippen LogP contribution in [0.1, 0.15) is 17.0 Å². The molecule has 0 aromatic carbocycles. The molecule has 0 saturated carbocycles. The van der Waals surface area contributed by atoms with Crippen LogP contribution in [-0.4, -0.2) is 61.8 Å². The Balaban J connectivity index is 2.16. The SMILES string of the molecule is CN(C)S(=O)(=O)c1ccc(C(=O)N2CCC(C(=O)O)C2)o1.